The first-order valence-corrected chi connectivity index (χ1v) is 6.65. The lowest BCUT2D eigenvalue weighted by Crippen LogP contribution is -2.19. The van der Waals surface area contributed by atoms with Crippen LogP contribution in [0.4, 0.5) is 5.69 Å². The summed E-state index contributed by atoms with van der Waals surface area (Å²) in [6.07, 6.45) is 1.53. The molecule has 2 N–H and O–H groups in total. The first-order chi connectivity index (χ1) is 11.0. The summed E-state index contributed by atoms with van der Waals surface area (Å²) in [5.41, 5.74) is 0.716. The highest BCUT2D eigenvalue weighted by atomic mass is 16.6. The molecule has 0 spiro atoms. The van der Waals surface area contributed by atoms with Gasteiger partial charge in [-0.15, -0.1) is 0 Å². The van der Waals surface area contributed by atoms with Crippen LogP contribution in [0.2, 0.25) is 0 Å². The number of ether oxygens (including phenoxy) is 1. The van der Waals surface area contributed by atoms with Gasteiger partial charge in [0, 0.05) is 17.7 Å². The molecule has 0 aromatic heterocycles. The molecule has 1 heterocycles. The zero-order valence-electron chi connectivity index (χ0n) is 11.7. The number of carbonyl (C=O) groups excluding carboxylic acids is 1. The van der Waals surface area contributed by atoms with Crippen molar-refractivity contribution in [1.29, 1.82) is 0 Å². The summed E-state index contributed by atoms with van der Waals surface area (Å²) in [7, 11) is 0. The molecule has 7 nitrogen and oxygen atoms in total. The second kappa shape index (κ2) is 5.45. The molecule has 23 heavy (non-hydrogen) atoms. The maximum absolute atomic E-state index is 12.4. The Bertz CT molecular complexity index is 838. The number of hydrogen-bond acceptors (Lipinski definition) is 6. The van der Waals surface area contributed by atoms with Gasteiger partial charge in [0.05, 0.1) is 4.92 Å². The van der Waals surface area contributed by atoms with Crippen molar-refractivity contribution in [3.05, 3.63) is 63.2 Å². The summed E-state index contributed by atoms with van der Waals surface area (Å²) in [6.45, 7) is 0.00698. The molecule has 116 valence electrons. The van der Waals surface area contributed by atoms with Crippen LogP contribution in [-0.4, -0.2) is 27.5 Å². The zero-order chi connectivity index (χ0) is 16.6. The van der Waals surface area contributed by atoms with E-state index in [9.17, 15) is 25.1 Å². The van der Waals surface area contributed by atoms with Gasteiger partial charge in [0.15, 0.2) is 17.3 Å². The molecule has 0 radical (unpaired) electrons. The van der Waals surface area contributed by atoms with Gasteiger partial charge in [-0.1, -0.05) is 0 Å². The van der Waals surface area contributed by atoms with E-state index in [2.05, 4.69) is 0 Å². The van der Waals surface area contributed by atoms with Crippen LogP contribution >= 0.6 is 0 Å². The van der Waals surface area contributed by atoms with Crippen molar-refractivity contribution in [3.8, 4) is 17.2 Å². The van der Waals surface area contributed by atoms with E-state index in [-0.39, 0.29) is 29.2 Å². The van der Waals surface area contributed by atoms with Crippen LogP contribution in [0, 0.1) is 10.1 Å². The molecule has 0 fully saturated rings. The average Bonchev–Trinajstić information content (AvgIpc) is 2.54. The molecule has 0 bridgehead atoms. The van der Waals surface area contributed by atoms with Crippen LogP contribution in [0.15, 0.2) is 42.0 Å². The van der Waals surface area contributed by atoms with Gasteiger partial charge in [0.1, 0.15) is 17.9 Å². The van der Waals surface area contributed by atoms with Gasteiger partial charge >= 0.3 is 0 Å². The molecule has 0 aliphatic carbocycles. The minimum Gasteiger partial charge on any atom is -0.504 e. The van der Waals surface area contributed by atoms with Gasteiger partial charge in [-0.05, 0) is 35.9 Å². The number of non-ortho nitro benzene ring substituents is 1. The molecular weight excluding hydrogens is 302 g/mol. The second-order valence-electron chi connectivity index (χ2n) is 4.94. The fraction of sp³-hybridized carbons (Fsp3) is 0.0625. The van der Waals surface area contributed by atoms with Gasteiger partial charge in [-0.3, -0.25) is 14.9 Å². The van der Waals surface area contributed by atoms with Crippen molar-refractivity contribution < 1.29 is 24.7 Å². The molecule has 0 unspecified atom stereocenters. The standard InChI is InChI=1S/C16H11NO6/c18-12-5-6-13-14(16(12)20)15(19)10(8-23-13)7-9-1-3-11(4-2-9)17(21)22/h1-7,18,20H,8H2/b10-7+. The lowest BCUT2D eigenvalue weighted by molar-refractivity contribution is -0.384. The molecule has 0 saturated heterocycles. The second-order valence-corrected chi connectivity index (χ2v) is 4.94. The van der Waals surface area contributed by atoms with Gasteiger partial charge in [-0.25, -0.2) is 0 Å². The number of nitrogens with zero attached hydrogens (tertiary/aromatic N) is 1. The van der Waals surface area contributed by atoms with Crippen LogP contribution in [0.5, 0.6) is 17.2 Å². The Hall–Kier alpha value is -3.35. The lowest BCUT2D eigenvalue weighted by Gasteiger charge is -2.20. The SMILES string of the molecule is O=C1/C(=C/c2ccc([N+](=O)[O-])cc2)COc2ccc(O)c(O)c21. The molecule has 2 aromatic rings. The summed E-state index contributed by atoms with van der Waals surface area (Å²) < 4.78 is 5.41. The fourth-order valence-electron chi connectivity index (χ4n) is 2.28. The van der Waals surface area contributed by atoms with Gasteiger partial charge in [-0.2, -0.15) is 0 Å². The Balaban J connectivity index is 1.97. The molecule has 7 heteroatoms. The van der Waals surface area contributed by atoms with Crippen LogP contribution < -0.4 is 4.74 Å². The summed E-state index contributed by atoms with van der Waals surface area (Å²) in [5, 5.41) is 30.0. The normalized spacial score (nSPS) is 15.1. The first kappa shape index (κ1) is 14.6. The molecule has 0 saturated carbocycles. The van der Waals surface area contributed by atoms with Crippen molar-refractivity contribution >= 4 is 17.5 Å². The van der Waals surface area contributed by atoms with Crippen molar-refractivity contribution in [2.24, 2.45) is 0 Å². The molecule has 1 aliphatic heterocycles. The number of carbonyl (C=O) groups is 1. The molecule has 2 aromatic carbocycles. The number of rotatable bonds is 2. The van der Waals surface area contributed by atoms with E-state index in [0.717, 1.165) is 0 Å². The van der Waals surface area contributed by atoms with Crippen molar-refractivity contribution in [1.82, 2.24) is 0 Å². The van der Waals surface area contributed by atoms with Crippen LogP contribution in [-0.2, 0) is 0 Å². The Morgan fingerprint density at radius 3 is 2.48 bits per heavy atom. The van der Waals surface area contributed by atoms with Crippen LogP contribution in [0.1, 0.15) is 15.9 Å². The third-order valence-corrected chi connectivity index (χ3v) is 3.47. The number of fused-ring (bicyclic) bond motifs is 1. The number of phenols is 2. The Morgan fingerprint density at radius 2 is 1.83 bits per heavy atom. The highest BCUT2D eigenvalue weighted by Gasteiger charge is 2.28. The number of benzene rings is 2. The van der Waals surface area contributed by atoms with Crippen molar-refractivity contribution in [3.63, 3.8) is 0 Å². The third-order valence-electron chi connectivity index (χ3n) is 3.47. The van der Waals surface area contributed by atoms with Crippen molar-refractivity contribution in [2.45, 2.75) is 0 Å². The number of aromatic hydroxyl groups is 2. The summed E-state index contributed by atoms with van der Waals surface area (Å²) >= 11 is 0. The highest BCUT2D eigenvalue weighted by Crippen LogP contribution is 2.39. The Labute approximate surface area is 130 Å². The predicted molar refractivity (Wildman–Crippen MR) is 80.7 cm³/mol. The number of Topliss-reactive ketones (excluding diaryl/α,β-unsaturated/α-hetero) is 1. The van der Waals surface area contributed by atoms with Crippen LogP contribution in [0.25, 0.3) is 6.08 Å². The largest absolute Gasteiger partial charge is 0.504 e. The van der Waals surface area contributed by atoms with E-state index < -0.39 is 22.2 Å². The Morgan fingerprint density at radius 1 is 1.13 bits per heavy atom. The molecule has 1 aliphatic rings. The monoisotopic (exact) mass is 313 g/mol. The number of nitro benzene ring substituents is 1. The maximum Gasteiger partial charge on any atom is 0.269 e. The molecule has 0 atom stereocenters. The molecular formula is C16H11NO6. The quantitative estimate of drug-likeness (QED) is 0.382. The van der Waals surface area contributed by atoms with Crippen LogP contribution in [0.3, 0.4) is 0 Å². The number of phenolic OH excluding ortho intramolecular Hbond substituents is 2. The summed E-state index contributed by atoms with van der Waals surface area (Å²) in [6, 6.07) is 8.33. The highest BCUT2D eigenvalue weighted by molar-refractivity contribution is 6.16. The van der Waals surface area contributed by atoms with Gasteiger partial charge < -0.3 is 14.9 Å². The molecule has 0 amide bonds. The zero-order valence-corrected chi connectivity index (χ0v) is 11.7. The third kappa shape index (κ3) is 2.59. The van der Waals surface area contributed by atoms with E-state index in [4.69, 9.17) is 4.74 Å². The van der Waals surface area contributed by atoms with Crippen molar-refractivity contribution in [2.75, 3.05) is 6.61 Å². The first-order valence-electron chi connectivity index (χ1n) is 6.65. The predicted octanol–water partition coefficient (Wildman–Crippen LogP) is 2.66. The molecule has 3 rings (SSSR count). The van der Waals surface area contributed by atoms with E-state index in [0.29, 0.717) is 5.56 Å². The summed E-state index contributed by atoms with van der Waals surface area (Å²) in [5.74, 6) is -1.19. The lowest BCUT2D eigenvalue weighted by atomic mass is 9.97. The van der Waals surface area contributed by atoms with E-state index in [1.54, 1.807) is 0 Å². The Kier molecular flexibility index (Phi) is 3.46. The van der Waals surface area contributed by atoms with Gasteiger partial charge in [0.25, 0.3) is 5.69 Å². The minimum absolute atomic E-state index is 0.00698. The topological polar surface area (TPSA) is 110 Å². The number of ketones is 1. The average molecular weight is 313 g/mol. The number of hydrogen-bond donors (Lipinski definition) is 2. The maximum atomic E-state index is 12.4. The number of nitro groups is 1. The summed E-state index contributed by atoms with van der Waals surface area (Å²) in [4.78, 5) is 22.6. The van der Waals surface area contributed by atoms with Gasteiger partial charge in [0.2, 0.25) is 0 Å². The van der Waals surface area contributed by atoms with E-state index in [1.165, 1.54) is 42.5 Å². The van der Waals surface area contributed by atoms with E-state index >= 15 is 0 Å². The smallest absolute Gasteiger partial charge is 0.269 e. The minimum atomic E-state index is -0.526. The fourth-order valence-corrected chi connectivity index (χ4v) is 2.28. The van der Waals surface area contributed by atoms with E-state index in [1.807, 2.05) is 0 Å².